The topological polar surface area (TPSA) is 62.3 Å². The Bertz CT molecular complexity index is 850. The van der Waals surface area contributed by atoms with E-state index in [2.05, 4.69) is 10.3 Å². The molecule has 1 saturated heterocycles. The molecular weight excluding hydrogens is 326 g/mol. The van der Waals surface area contributed by atoms with Crippen molar-refractivity contribution in [3.8, 4) is 0 Å². The van der Waals surface area contributed by atoms with Crippen LogP contribution in [0.2, 0.25) is 0 Å². The average Bonchev–Trinajstić information content (AvgIpc) is 3.46. The number of aryl methyl sites for hydroxylation is 1. The van der Waals surface area contributed by atoms with Crippen LogP contribution in [0.4, 0.5) is 5.69 Å². The number of carbonyl (C=O) groups excluding carboxylic acids is 2. The van der Waals surface area contributed by atoms with Crippen molar-refractivity contribution in [2.24, 2.45) is 5.92 Å². The Balaban J connectivity index is 1.72. The largest absolute Gasteiger partial charge is 0.339 e. The number of amides is 2. The summed E-state index contributed by atoms with van der Waals surface area (Å²) in [4.78, 5) is 31.9. The highest BCUT2D eigenvalue weighted by molar-refractivity contribution is 6.08. The first-order chi connectivity index (χ1) is 12.6. The Morgan fingerprint density at radius 3 is 2.50 bits per heavy atom. The number of rotatable bonds is 3. The van der Waals surface area contributed by atoms with Crippen LogP contribution in [0.3, 0.4) is 0 Å². The Hall–Kier alpha value is -2.43. The third kappa shape index (κ3) is 3.57. The summed E-state index contributed by atoms with van der Waals surface area (Å²) in [7, 11) is 0. The second kappa shape index (κ2) is 7.06. The number of benzene rings is 1. The lowest BCUT2D eigenvalue weighted by atomic mass is 10.0. The molecule has 5 nitrogen and oxygen atoms in total. The van der Waals surface area contributed by atoms with E-state index in [0.717, 1.165) is 55.4 Å². The molecule has 5 heteroatoms. The lowest BCUT2D eigenvalue weighted by molar-refractivity contribution is -0.117. The second-order valence-corrected chi connectivity index (χ2v) is 7.51. The summed E-state index contributed by atoms with van der Waals surface area (Å²) in [6.07, 6.45) is 6.39. The van der Waals surface area contributed by atoms with Crippen molar-refractivity contribution in [1.82, 2.24) is 9.88 Å². The summed E-state index contributed by atoms with van der Waals surface area (Å²) in [6.45, 7) is 3.54. The fourth-order valence-electron chi connectivity index (χ4n) is 3.62. The standard InChI is InChI=1S/C21H25N3O2/c1-14-6-9-17-18(21(26)24-10-4-2-3-5-11-24)12-16(13-19(17)22-14)23-20(25)15-7-8-15/h6,9,12-13,15H,2-5,7-8,10-11H2,1H3,(H,23,25). The number of pyridine rings is 1. The highest BCUT2D eigenvalue weighted by atomic mass is 16.2. The molecule has 1 N–H and O–H groups in total. The molecule has 136 valence electrons. The highest BCUT2D eigenvalue weighted by Crippen LogP contribution is 2.31. The van der Waals surface area contributed by atoms with Crippen molar-refractivity contribution < 1.29 is 9.59 Å². The molecule has 0 bridgehead atoms. The van der Waals surface area contributed by atoms with Crippen LogP contribution in [0, 0.1) is 12.8 Å². The number of carbonyl (C=O) groups is 2. The molecule has 2 heterocycles. The van der Waals surface area contributed by atoms with E-state index in [4.69, 9.17) is 0 Å². The van der Waals surface area contributed by atoms with Crippen LogP contribution >= 0.6 is 0 Å². The average molecular weight is 351 g/mol. The molecule has 1 aromatic heterocycles. The Morgan fingerprint density at radius 2 is 1.81 bits per heavy atom. The Labute approximate surface area is 153 Å². The van der Waals surface area contributed by atoms with Gasteiger partial charge in [0.25, 0.3) is 5.91 Å². The van der Waals surface area contributed by atoms with Gasteiger partial charge in [-0.25, -0.2) is 0 Å². The summed E-state index contributed by atoms with van der Waals surface area (Å²) in [6, 6.07) is 7.61. The second-order valence-electron chi connectivity index (χ2n) is 7.51. The molecule has 1 aliphatic carbocycles. The third-order valence-electron chi connectivity index (χ3n) is 5.29. The van der Waals surface area contributed by atoms with E-state index in [1.807, 2.05) is 36.1 Å². The smallest absolute Gasteiger partial charge is 0.254 e. The maximum absolute atomic E-state index is 13.2. The third-order valence-corrected chi connectivity index (χ3v) is 5.29. The molecule has 0 radical (unpaired) electrons. The summed E-state index contributed by atoms with van der Waals surface area (Å²) in [5.74, 6) is 0.219. The van der Waals surface area contributed by atoms with Gasteiger partial charge in [-0.2, -0.15) is 0 Å². The highest BCUT2D eigenvalue weighted by Gasteiger charge is 2.30. The van der Waals surface area contributed by atoms with Gasteiger partial charge in [-0.15, -0.1) is 0 Å². The van der Waals surface area contributed by atoms with Crippen molar-refractivity contribution in [1.29, 1.82) is 0 Å². The molecule has 2 aromatic rings. The van der Waals surface area contributed by atoms with E-state index in [1.165, 1.54) is 12.8 Å². The molecule has 1 aliphatic heterocycles. The van der Waals surface area contributed by atoms with Gasteiger partial charge in [0.1, 0.15) is 0 Å². The summed E-state index contributed by atoms with van der Waals surface area (Å²) >= 11 is 0. The summed E-state index contributed by atoms with van der Waals surface area (Å²) in [5.41, 5.74) is 2.97. The van der Waals surface area contributed by atoms with Crippen molar-refractivity contribution in [3.63, 3.8) is 0 Å². The summed E-state index contributed by atoms with van der Waals surface area (Å²) < 4.78 is 0. The zero-order valence-corrected chi connectivity index (χ0v) is 15.3. The van der Waals surface area contributed by atoms with Crippen LogP contribution < -0.4 is 5.32 Å². The van der Waals surface area contributed by atoms with Crippen molar-refractivity contribution in [3.05, 3.63) is 35.5 Å². The van der Waals surface area contributed by atoms with E-state index in [-0.39, 0.29) is 17.7 Å². The van der Waals surface area contributed by atoms with E-state index in [0.29, 0.717) is 11.3 Å². The van der Waals surface area contributed by atoms with Crippen molar-refractivity contribution >= 4 is 28.4 Å². The van der Waals surface area contributed by atoms with Crippen LogP contribution in [0.5, 0.6) is 0 Å². The molecular formula is C21H25N3O2. The number of fused-ring (bicyclic) bond motifs is 1. The van der Waals surface area contributed by atoms with Gasteiger partial charge in [0, 0.05) is 35.8 Å². The molecule has 26 heavy (non-hydrogen) atoms. The summed E-state index contributed by atoms with van der Waals surface area (Å²) in [5, 5.41) is 3.83. The van der Waals surface area contributed by atoms with E-state index >= 15 is 0 Å². The zero-order valence-electron chi connectivity index (χ0n) is 15.3. The van der Waals surface area contributed by atoms with Gasteiger partial charge in [-0.05, 0) is 50.8 Å². The van der Waals surface area contributed by atoms with Crippen molar-refractivity contribution in [2.75, 3.05) is 18.4 Å². The van der Waals surface area contributed by atoms with Gasteiger partial charge < -0.3 is 10.2 Å². The van der Waals surface area contributed by atoms with E-state index < -0.39 is 0 Å². The molecule has 1 saturated carbocycles. The van der Waals surface area contributed by atoms with Gasteiger partial charge in [0.15, 0.2) is 0 Å². The molecule has 2 amide bonds. The predicted octanol–water partition coefficient (Wildman–Crippen LogP) is 3.91. The SMILES string of the molecule is Cc1ccc2c(C(=O)N3CCCCCC3)cc(NC(=O)C3CC3)cc2n1. The molecule has 1 aromatic carbocycles. The first-order valence-corrected chi connectivity index (χ1v) is 9.63. The van der Waals surface area contributed by atoms with Crippen LogP contribution in [0.1, 0.15) is 54.6 Å². The number of aromatic nitrogens is 1. The van der Waals surface area contributed by atoms with Gasteiger partial charge >= 0.3 is 0 Å². The first kappa shape index (κ1) is 17.0. The van der Waals surface area contributed by atoms with Gasteiger partial charge in [0.2, 0.25) is 5.91 Å². The van der Waals surface area contributed by atoms with Gasteiger partial charge in [0.05, 0.1) is 11.1 Å². The van der Waals surface area contributed by atoms with E-state index in [1.54, 1.807) is 0 Å². The molecule has 0 unspecified atom stereocenters. The number of hydrogen-bond acceptors (Lipinski definition) is 3. The fraction of sp³-hybridized carbons (Fsp3) is 0.476. The molecule has 2 fully saturated rings. The van der Waals surface area contributed by atoms with Crippen LogP contribution in [0.25, 0.3) is 10.9 Å². The Morgan fingerprint density at radius 1 is 1.08 bits per heavy atom. The van der Waals surface area contributed by atoms with Crippen LogP contribution in [-0.4, -0.2) is 34.8 Å². The van der Waals surface area contributed by atoms with Gasteiger partial charge in [-0.1, -0.05) is 18.9 Å². The van der Waals surface area contributed by atoms with Crippen LogP contribution in [-0.2, 0) is 4.79 Å². The minimum atomic E-state index is 0.0464. The molecule has 0 spiro atoms. The number of likely N-dealkylation sites (tertiary alicyclic amines) is 1. The molecule has 4 rings (SSSR count). The quantitative estimate of drug-likeness (QED) is 0.912. The normalized spacial score (nSPS) is 17.8. The number of nitrogens with zero attached hydrogens (tertiary/aromatic N) is 2. The van der Waals surface area contributed by atoms with Gasteiger partial charge in [-0.3, -0.25) is 14.6 Å². The van der Waals surface area contributed by atoms with E-state index in [9.17, 15) is 9.59 Å². The zero-order chi connectivity index (χ0) is 18.1. The minimum absolute atomic E-state index is 0.0464. The van der Waals surface area contributed by atoms with Crippen LogP contribution in [0.15, 0.2) is 24.3 Å². The molecule has 0 atom stereocenters. The van der Waals surface area contributed by atoms with Crippen molar-refractivity contribution in [2.45, 2.75) is 45.4 Å². The maximum Gasteiger partial charge on any atom is 0.254 e. The maximum atomic E-state index is 13.2. The fourth-order valence-corrected chi connectivity index (χ4v) is 3.62. The lowest BCUT2D eigenvalue weighted by Gasteiger charge is -2.21. The monoisotopic (exact) mass is 351 g/mol. The number of nitrogens with one attached hydrogen (secondary N) is 1. The predicted molar refractivity (Wildman–Crippen MR) is 102 cm³/mol. The lowest BCUT2D eigenvalue weighted by Crippen LogP contribution is -2.32. The Kier molecular flexibility index (Phi) is 4.62. The number of hydrogen-bond donors (Lipinski definition) is 1. The molecule has 2 aliphatic rings. The minimum Gasteiger partial charge on any atom is -0.339 e. The first-order valence-electron chi connectivity index (χ1n) is 9.63. The number of anilines is 1.